The van der Waals surface area contributed by atoms with Crippen molar-refractivity contribution in [2.75, 3.05) is 17.7 Å². The third-order valence-corrected chi connectivity index (χ3v) is 4.09. The summed E-state index contributed by atoms with van der Waals surface area (Å²) < 4.78 is 18.7. The summed E-state index contributed by atoms with van der Waals surface area (Å²) >= 11 is 0. The van der Waals surface area contributed by atoms with E-state index in [9.17, 15) is 14.0 Å². The smallest absolute Gasteiger partial charge is 0.240 e. The number of nitrogens with one attached hydrogen (secondary N) is 2. The van der Waals surface area contributed by atoms with Crippen LogP contribution < -0.4 is 15.4 Å². The number of amides is 2. The predicted octanol–water partition coefficient (Wildman–Crippen LogP) is 3.19. The topological polar surface area (TPSA) is 67.4 Å². The van der Waals surface area contributed by atoms with Gasteiger partial charge in [0.2, 0.25) is 11.8 Å². The van der Waals surface area contributed by atoms with Gasteiger partial charge in [-0.2, -0.15) is 0 Å². The molecule has 1 saturated carbocycles. The Balaban J connectivity index is 1.69. The van der Waals surface area contributed by atoms with Gasteiger partial charge in [0.25, 0.3) is 0 Å². The van der Waals surface area contributed by atoms with E-state index in [1.54, 1.807) is 37.4 Å². The maximum absolute atomic E-state index is 13.7. The summed E-state index contributed by atoms with van der Waals surface area (Å²) in [7, 11) is 1.56. The van der Waals surface area contributed by atoms with Gasteiger partial charge in [0.05, 0.1) is 12.8 Å². The molecule has 0 aliphatic heterocycles. The van der Waals surface area contributed by atoms with Crippen molar-refractivity contribution in [1.82, 2.24) is 0 Å². The van der Waals surface area contributed by atoms with Crippen LogP contribution in [0, 0.1) is 11.2 Å². The van der Waals surface area contributed by atoms with Crippen molar-refractivity contribution in [1.29, 1.82) is 0 Å². The number of hydrogen-bond donors (Lipinski definition) is 2. The molecule has 1 aliphatic carbocycles. The quantitative estimate of drug-likeness (QED) is 0.828. The summed E-state index contributed by atoms with van der Waals surface area (Å²) in [5.74, 6) is -0.733. The molecule has 24 heavy (non-hydrogen) atoms. The fourth-order valence-electron chi connectivity index (χ4n) is 2.41. The van der Waals surface area contributed by atoms with Crippen molar-refractivity contribution in [2.24, 2.45) is 5.41 Å². The van der Waals surface area contributed by atoms with Gasteiger partial charge < -0.3 is 15.4 Å². The molecule has 6 heteroatoms. The van der Waals surface area contributed by atoms with E-state index in [1.165, 1.54) is 18.2 Å². The van der Waals surface area contributed by atoms with Crippen molar-refractivity contribution >= 4 is 23.2 Å². The fraction of sp³-hybridized carbons (Fsp3) is 0.222. The highest BCUT2D eigenvalue weighted by Gasteiger charge is 2.56. The zero-order chi connectivity index (χ0) is 17.2. The van der Waals surface area contributed by atoms with Gasteiger partial charge >= 0.3 is 0 Å². The van der Waals surface area contributed by atoms with E-state index in [2.05, 4.69) is 10.6 Å². The second-order valence-corrected chi connectivity index (χ2v) is 5.70. The fourth-order valence-corrected chi connectivity index (χ4v) is 2.41. The minimum absolute atomic E-state index is 0.0750. The predicted molar refractivity (Wildman–Crippen MR) is 88.3 cm³/mol. The van der Waals surface area contributed by atoms with Crippen molar-refractivity contribution in [3.05, 3.63) is 54.3 Å². The van der Waals surface area contributed by atoms with E-state index in [0.29, 0.717) is 24.3 Å². The van der Waals surface area contributed by atoms with Crippen LogP contribution in [0.25, 0.3) is 0 Å². The highest BCUT2D eigenvalue weighted by molar-refractivity contribution is 6.16. The average Bonchev–Trinajstić information content (AvgIpc) is 3.39. The van der Waals surface area contributed by atoms with Crippen molar-refractivity contribution in [3.8, 4) is 5.75 Å². The Hall–Kier alpha value is -2.89. The number of rotatable bonds is 5. The largest absolute Gasteiger partial charge is 0.497 e. The van der Waals surface area contributed by atoms with Gasteiger partial charge in [-0.15, -0.1) is 0 Å². The third-order valence-electron chi connectivity index (χ3n) is 4.09. The van der Waals surface area contributed by atoms with Crippen LogP contribution in [0.3, 0.4) is 0 Å². The molecule has 2 amide bonds. The number of hydrogen-bond acceptors (Lipinski definition) is 3. The zero-order valence-electron chi connectivity index (χ0n) is 13.1. The van der Waals surface area contributed by atoms with Crippen LogP contribution in [0.5, 0.6) is 5.75 Å². The van der Waals surface area contributed by atoms with Crippen molar-refractivity contribution in [2.45, 2.75) is 12.8 Å². The number of para-hydroxylation sites is 1. The van der Waals surface area contributed by atoms with Crippen molar-refractivity contribution < 1.29 is 18.7 Å². The Bertz CT molecular complexity index is 770. The van der Waals surface area contributed by atoms with Gasteiger partial charge in [0.15, 0.2) is 0 Å². The monoisotopic (exact) mass is 328 g/mol. The lowest BCUT2D eigenvalue weighted by molar-refractivity contribution is -0.131. The molecule has 0 radical (unpaired) electrons. The van der Waals surface area contributed by atoms with Crippen LogP contribution in [-0.2, 0) is 9.59 Å². The molecule has 2 aromatic carbocycles. The SMILES string of the molecule is COc1ccc(NC(=O)C2(C(=O)Nc3ccccc3F)CC2)cc1. The van der Waals surface area contributed by atoms with Crippen LogP contribution in [0.2, 0.25) is 0 Å². The highest BCUT2D eigenvalue weighted by atomic mass is 19.1. The number of anilines is 2. The molecule has 0 spiro atoms. The van der Waals surface area contributed by atoms with E-state index in [4.69, 9.17) is 4.74 Å². The molecule has 2 aromatic rings. The van der Waals surface area contributed by atoms with Gasteiger partial charge in [-0.1, -0.05) is 12.1 Å². The molecule has 0 atom stereocenters. The highest BCUT2D eigenvalue weighted by Crippen LogP contribution is 2.47. The first-order valence-corrected chi connectivity index (χ1v) is 7.57. The molecular weight excluding hydrogens is 311 g/mol. The summed E-state index contributed by atoms with van der Waals surface area (Å²) in [6.45, 7) is 0. The lowest BCUT2D eigenvalue weighted by Gasteiger charge is -2.16. The van der Waals surface area contributed by atoms with Gasteiger partial charge in [-0.25, -0.2) is 4.39 Å². The van der Waals surface area contributed by atoms with Crippen LogP contribution in [-0.4, -0.2) is 18.9 Å². The Labute approximate surface area is 138 Å². The van der Waals surface area contributed by atoms with Crippen LogP contribution in [0.1, 0.15) is 12.8 Å². The number of methoxy groups -OCH3 is 1. The van der Waals surface area contributed by atoms with Crippen LogP contribution in [0.4, 0.5) is 15.8 Å². The molecule has 124 valence electrons. The lowest BCUT2D eigenvalue weighted by atomic mass is 10.0. The van der Waals surface area contributed by atoms with E-state index in [1.807, 2.05) is 0 Å². The molecule has 0 unspecified atom stereocenters. The number of benzene rings is 2. The third kappa shape index (κ3) is 3.08. The van der Waals surface area contributed by atoms with E-state index in [0.717, 1.165) is 0 Å². The summed E-state index contributed by atoms with van der Waals surface area (Å²) in [5.41, 5.74) is -0.487. The summed E-state index contributed by atoms with van der Waals surface area (Å²) in [4.78, 5) is 24.9. The maximum Gasteiger partial charge on any atom is 0.240 e. The Morgan fingerprint density at radius 3 is 2.21 bits per heavy atom. The molecule has 5 nitrogen and oxygen atoms in total. The summed E-state index contributed by atoms with van der Waals surface area (Å²) in [6.07, 6.45) is 0.880. The molecule has 0 bridgehead atoms. The van der Waals surface area contributed by atoms with Crippen molar-refractivity contribution in [3.63, 3.8) is 0 Å². The first-order chi connectivity index (χ1) is 11.5. The number of carbonyl (C=O) groups is 2. The first kappa shape index (κ1) is 16.0. The molecule has 0 saturated heterocycles. The minimum Gasteiger partial charge on any atom is -0.497 e. The molecule has 1 aliphatic rings. The standard InChI is InChI=1S/C18H17FN2O3/c1-24-13-8-6-12(7-9-13)20-16(22)18(10-11-18)17(23)21-15-5-3-2-4-14(15)19/h2-9H,10-11H2,1H3,(H,20,22)(H,21,23). The molecular formula is C18H17FN2O3. The Morgan fingerprint density at radius 2 is 1.62 bits per heavy atom. The molecule has 0 heterocycles. The summed E-state index contributed by atoms with van der Waals surface area (Å²) in [6, 6.07) is 12.7. The second kappa shape index (κ2) is 6.31. The van der Waals surface area contributed by atoms with Gasteiger partial charge in [-0.3, -0.25) is 9.59 Å². The van der Waals surface area contributed by atoms with E-state index < -0.39 is 17.1 Å². The number of ether oxygens (including phenoxy) is 1. The van der Waals surface area contributed by atoms with Gasteiger partial charge in [0, 0.05) is 5.69 Å². The molecule has 2 N–H and O–H groups in total. The average molecular weight is 328 g/mol. The number of halogens is 1. The van der Waals surface area contributed by atoms with Gasteiger partial charge in [-0.05, 0) is 49.2 Å². The summed E-state index contributed by atoms with van der Waals surface area (Å²) in [5, 5.41) is 5.23. The maximum atomic E-state index is 13.7. The van der Waals surface area contributed by atoms with Crippen LogP contribution >= 0.6 is 0 Å². The lowest BCUT2D eigenvalue weighted by Crippen LogP contribution is -2.35. The number of carbonyl (C=O) groups excluding carboxylic acids is 2. The minimum atomic E-state index is -1.14. The first-order valence-electron chi connectivity index (χ1n) is 7.57. The molecule has 1 fully saturated rings. The zero-order valence-corrected chi connectivity index (χ0v) is 13.1. The Morgan fingerprint density at radius 1 is 1.00 bits per heavy atom. The van der Waals surface area contributed by atoms with Crippen LogP contribution in [0.15, 0.2) is 48.5 Å². The second-order valence-electron chi connectivity index (χ2n) is 5.70. The molecule has 3 rings (SSSR count). The van der Waals surface area contributed by atoms with E-state index in [-0.39, 0.29) is 11.6 Å². The Kier molecular flexibility index (Phi) is 4.20. The van der Waals surface area contributed by atoms with Gasteiger partial charge in [0.1, 0.15) is 17.0 Å². The normalized spacial score (nSPS) is 14.6. The van der Waals surface area contributed by atoms with E-state index >= 15 is 0 Å². The molecule has 0 aromatic heterocycles.